The van der Waals surface area contributed by atoms with Gasteiger partial charge in [-0.25, -0.2) is 9.48 Å². The zero-order valence-corrected chi connectivity index (χ0v) is 16.8. The van der Waals surface area contributed by atoms with Gasteiger partial charge in [-0.3, -0.25) is 9.59 Å². The molecule has 8 nitrogen and oxygen atoms in total. The van der Waals surface area contributed by atoms with E-state index in [0.29, 0.717) is 10.8 Å². The Kier molecular flexibility index (Phi) is 6.64. The van der Waals surface area contributed by atoms with E-state index >= 15 is 0 Å². The number of nitrogens with zero attached hydrogens (tertiary/aromatic N) is 3. The van der Waals surface area contributed by atoms with Crippen LogP contribution in [0.3, 0.4) is 0 Å². The van der Waals surface area contributed by atoms with E-state index < -0.39 is 17.6 Å². The molecule has 0 unspecified atom stereocenters. The number of benzene rings is 1. The van der Waals surface area contributed by atoms with Crippen LogP contribution in [0.15, 0.2) is 29.1 Å². The predicted molar refractivity (Wildman–Crippen MR) is 108 cm³/mol. The molecule has 156 valence electrons. The van der Waals surface area contributed by atoms with Crippen LogP contribution in [-0.4, -0.2) is 57.5 Å². The van der Waals surface area contributed by atoms with Gasteiger partial charge in [0.2, 0.25) is 0 Å². The van der Waals surface area contributed by atoms with Crippen molar-refractivity contribution in [2.45, 2.75) is 57.7 Å². The van der Waals surface area contributed by atoms with E-state index in [-0.39, 0.29) is 30.8 Å². The zero-order valence-electron chi connectivity index (χ0n) is 16.8. The Morgan fingerprint density at radius 1 is 1.24 bits per heavy atom. The Balaban J connectivity index is 1.82. The number of aliphatic hydroxyl groups is 1. The third-order valence-electron chi connectivity index (χ3n) is 5.47. The molecule has 2 aromatic rings. The van der Waals surface area contributed by atoms with E-state index in [1.165, 1.54) is 6.42 Å². The van der Waals surface area contributed by atoms with E-state index in [0.717, 1.165) is 30.4 Å². The largest absolute Gasteiger partial charge is 0.448 e. The summed E-state index contributed by atoms with van der Waals surface area (Å²) in [5.41, 5.74) is -0.444. The minimum atomic E-state index is -0.965. The topological polar surface area (TPSA) is 102 Å². The highest BCUT2D eigenvalue weighted by atomic mass is 16.5. The van der Waals surface area contributed by atoms with Crippen molar-refractivity contribution < 1.29 is 19.4 Å². The molecular formula is C21H27N3O5. The fourth-order valence-electron chi connectivity index (χ4n) is 3.83. The first kappa shape index (κ1) is 21.0. The first-order valence-corrected chi connectivity index (χ1v) is 10.0. The van der Waals surface area contributed by atoms with Gasteiger partial charge in [0.25, 0.3) is 11.5 Å². The number of esters is 1. The second-order valence-electron chi connectivity index (χ2n) is 7.43. The van der Waals surface area contributed by atoms with Crippen LogP contribution >= 0.6 is 0 Å². The molecule has 1 aliphatic rings. The van der Waals surface area contributed by atoms with Crippen molar-refractivity contribution in [1.29, 1.82) is 0 Å². The zero-order chi connectivity index (χ0) is 21.0. The Morgan fingerprint density at radius 2 is 1.90 bits per heavy atom. The molecule has 1 amide bonds. The minimum Gasteiger partial charge on any atom is -0.448 e. The number of carbonyl (C=O) groups is 2. The number of hydrogen-bond donors (Lipinski definition) is 1. The molecule has 1 aromatic carbocycles. The Hall–Kier alpha value is -2.74. The van der Waals surface area contributed by atoms with E-state index in [1.807, 2.05) is 0 Å². The van der Waals surface area contributed by atoms with Crippen LogP contribution in [0.4, 0.5) is 0 Å². The summed E-state index contributed by atoms with van der Waals surface area (Å²) in [6.07, 6.45) is 4.33. The quantitative estimate of drug-likeness (QED) is 0.740. The van der Waals surface area contributed by atoms with Crippen LogP contribution in [0.5, 0.6) is 0 Å². The van der Waals surface area contributed by atoms with Gasteiger partial charge >= 0.3 is 5.97 Å². The first-order valence-electron chi connectivity index (χ1n) is 10.0. The number of aromatic nitrogens is 2. The van der Waals surface area contributed by atoms with Gasteiger partial charge in [0.1, 0.15) is 0 Å². The third kappa shape index (κ3) is 4.48. The lowest BCUT2D eigenvalue weighted by atomic mass is 9.94. The van der Waals surface area contributed by atoms with Crippen LogP contribution in [0.25, 0.3) is 10.8 Å². The second-order valence-corrected chi connectivity index (χ2v) is 7.43. The lowest BCUT2D eigenvalue weighted by molar-refractivity contribution is -0.141. The second kappa shape index (κ2) is 9.17. The Bertz CT molecular complexity index is 949. The number of carbonyl (C=O) groups excluding carboxylic acids is 2. The van der Waals surface area contributed by atoms with Crippen molar-refractivity contribution in [3.63, 3.8) is 0 Å². The standard InChI is InChI=1S/C21H27N3O5/c1-14(19(26)23(2)15-8-4-3-5-9-15)29-21(28)18-16-10-6-7-11-17(16)20(27)24(22-18)12-13-25/h6-7,10-11,14-15,25H,3-5,8-9,12-13H2,1-2H3/t14-/m1/s1. The van der Waals surface area contributed by atoms with Crippen LogP contribution in [0.2, 0.25) is 0 Å². The maximum absolute atomic E-state index is 12.8. The number of amides is 1. The number of ether oxygens (including phenoxy) is 1. The minimum absolute atomic E-state index is 0.0388. The van der Waals surface area contributed by atoms with Gasteiger partial charge in [0, 0.05) is 18.5 Å². The highest BCUT2D eigenvalue weighted by Gasteiger charge is 2.29. The van der Waals surface area contributed by atoms with E-state index in [1.54, 1.807) is 43.1 Å². The van der Waals surface area contributed by atoms with Crippen molar-refractivity contribution >= 4 is 22.6 Å². The fraction of sp³-hybridized carbons (Fsp3) is 0.524. The average Bonchev–Trinajstić information content (AvgIpc) is 2.75. The fourth-order valence-corrected chi connectivity index (χ4v) is 3.83. The summed E-state index contributed by atoms with van der Waals surface area (Å²) in [5, 5.41) is 13.9. The molecule has 1 atom stereocenters. The van der Waals surface area contributed by atoms with Crippen LogP contribution in [0.1, 0.15) is 49.5 Å². The Labute approximate surface area is 169 Å². The van der Waals surface area contributed by atoms with E-state index in [2.05, 4.69) is 5.10 Å². The van der Waals surface area contributed by atoms with Crippen molar-refractivity contribution in [2.75, 3.05) is 13.7 Å². The molecule has 8 heteroatoms. The summed E-state index contributed by atoms with van der Waals surface area (Å²) < 4.78 is 6.46. The van der Waals surface area contributed by atoms with Gasteiger partial charge in [-0.05, 0) is 25.8 Å². The number of likely N-dealkylation sites (N-methyl/N-ethyl adjacent to an activating group) is 1. The number of fused-ring (bicyclic) bond motifs is 1. The van der Waals surface area contributed by atoms with Gasteiger partial charge in [0.05, 0.1) is 18.5 Å². The van der Waals surface area contributed by atoms with E-state index in [4.69, 9.17) is 4.74 Å². The molecule has 0 bridgehead atoms. The van der Waals surface area contributed by atoms with Crippen LogP contribution < -0.4 is 5.56 Å². The lowest BCUT2D eigenvalue weighted by Gasteiger charge is -2.32. The summed E-state index contributed by atoms with van der Waals surface area (Å²) in [6.45, 7) is 1.22. The number of aliphatic hydroxyl groups excluding tert-OH is 1. The number of rotatable bonds is 6. The van der Waals surface area contributed by atoms with E-state index in [9.17, 15) is 19.5 Å². The summed E-state index contributed by atoms with van der Waals surface area (Å²) in [7, 11) is 1.75. The van der Waals surface area contributed by atoms with Crippen molar-refractivity contribution in [1.82, 2.24) is 14.7 Å². The molecule has 3 rings (SSSR count). The molecule has 0 radical (unpaired) electrons. The smallest absolute Gasteiger partial charge is 0.360 e. The predicted octanol–water partition coefficient (Wildman–Crippen LogP) is 1.73. The van der Waals surface area contributed by atoms with Crippen molar-refractivity contribution in [3.05, 3.63) is 40.3 Å². The molecule has 0 spiro atoms. The molecule has 0 aliphatic heterocycles. The monoisotopic (exact) mass is 401 g/mol. The molecule has 29 heavy (non-hydrogen) atoms. The average molecular weight is 401 g/mol. The van der Waals surface area contributed by atoms with Gasteiger partial charge < -0.3 is 14.7 Å². The molecule has 0 saturated heterocycles. The SMILES string of the molecule is C[C@@H](OC(=O)c1nn(CCO)c(=O)c2ccccc12)C(=O)N(C)C1CCCCC1. The van der Waals surface area contributed by atoms with Crippen LogP contribution in [0, 0.1) is 0 Å². The van der Waals surface area contributed by atoms with Gasteiger partial charge in [-0.15, -0.1) is 0 Å². The molecule has 1 fully saturated rings. The van der Waals surface area contributed by atoms with Crippen molar-refractivity contribution in [2.24, 2.45) is 0 Å². The number of hydrogen-bond acceptors (Lipinski definition) is 6. The maximum atomic E-state index is 12.8. The molecule has 1 aliphatic carbocycles. The van der Waals surface area contributed by atoms with Gasteiger partial charge in [-0.2, -0.15) is 5.10 Å². The first-order chi connectivity index (χ1) is 13.9. The summed E-state index contributed by atoms with van der Waals surface area (Å²) in [5.74, 6) is -1.02. The molecule has 1 saturated carbocycles. The summed E-state index contributed by atoms with van der Waals surface area (Å²) >= 11 is 0. The van der Waals surface area contributed by atoms with Crippen LogP contribution in [-0.2, 0) is 16.1 Å². The van der Waals surface area contributed by atoms with Crippen molar-refractivity contribution in [3.8, 4) is 0 Å². The Morgan fingerprint density at radius 3 is 2.55 bits per heavy atom. The van der Waals surface area contributed by atoms with Gasteiger partial charge in [-0.1, -0.05) is 37.5 Å². The molecular weight excluding hydrogens is 374 g/mol. The molecule has 1 N–H and O–H groups in total. The maximum Gasteiger partial charge on any atom is 0.360 e. The summed E-state index contributed by atoms with van der Waals surface area (Å²) in [4.78, 5) is 39.7. The third-order valence-corrected chi connectivity index (χ3v) is 5.47. The lowest BCUT2D eigenvalue weighted by Crippen LogP contribution is -2.44. The highest BCUT2D eigenvalue weighted by Crippen LogP contribution is 2.22. The molecule has 1 aromatic heterocycles. The van der Waals surface area contributed by atoms with Gasteiger partial charge in [0.15, 0.2) is 11.8 Å². The summed E-state index contributed by atoms with van der Waals surface area (Å²) in [6, 6.07) is 6.76. The normalized spacial score (nSPS) is 15.8. The highest BCUT2D eigenvalue weighted by molar-refractivity contribution is 6.02. The molecule has 1 heterocycles.